The number of carbonyl (C=O) groups excluding carboxylic acids is 1. The second-order valence-corrected chi connectivity index (χ2v) is 5.50. The molecule has 0 atom stereocenters. The van der Waals surface area contributed by atoms with Gasteiger partial charge in [-0.15, -0.1) is 11.3 Å². The third-order valence-electron chi connectivity index (χ3n) is 2.46. The predicted molar refractivity (Wildman–Crippen MR) is 67.9 cm³/mol. The topological polar surface area (TPSA) is 33.2 Å². The number of aryl methyl sites for hydroxylation is 1. The zero-order valence-electron chi connectivity index (χ0n) is 10.5. The molecule has 3 nitrogen and oxygen atoms in total. The third-order valence-corrected chi connectivity index (χ3v) is 3.59. The van der Waals surface area contributed by atoms with Gasteiger partial charge in [-0.25, -0.2) is 4.98 Å². The third kappa shape index (κ3) is 3.59. The molecular formula is C12H20N2OS. The van der Waals surface area contributed by atoms with E-state index in [1.165, 1.54) is 11.3 Å². The van der Waals surface area contributed by atoms with Crippen molar-refractivity contribution in [2.75, 3.05) is 13.6 Å². The van der Waals surface area contributed by atoms with Crippen molar-refractivity contribution < 1.29 is 4.79 Å². The fraction of sp³-hybridized carbons (Fsp3) is 0.667. The maximum Gasteiger partial charge on any atom is 0.265 e. The van der Waals surface area contributed by atoms with Gasteiger partial charge in [0.2, 0.25) is 0 Å². The molecule has 16 heavy (non-hydrogen) atoms. The minimum atomic E-state index is 0.0952. The molecule has 1 amide bonds. The standard InChI is InChI=1S/C12H20N2OS/c1-5-11-13-8-10(16-11)12(15)14(4)7-6-9(2)3/h8-9H,5-7H2,1-4H3. The monoisotopic (exact) mass is 240 g/mol. The quantitative estimate of drug-likeness (QED) is 0.793. The first kappa shape index (κ1) is 13.2. The molecule has 0 aliphatic rings. The van der Waals surface area contributed by atoms with Crippen LogP contribution in [-0.4, -0.2) is 29.4 Å². The summed E-state index contributed by atoms with van der Waals surface area (Å²) in [5.74, 6) is 0.723. The molecule has 1 heterocycles. The van der Waals surface area contributed by atoms with Crippen molar-refractivity contribution in [2.24, 2.45) is 5.92 Å². The molecule has 0 aromatic carbocycles. The van der Waals surface area contributed by atoms with Crippen LogP contribution in [0, 0.1) is 5.92 Å². The molecule has 90 valence electrons. The van der Waals surface area contributed by atoms with Crippen molar-refractivity contribution in [1.82, 2.24) is 9.88 Å². The molecule has 0 bridgehead atoms. The van der Waals surface area contributed by atoms with Gasteiger partial charge in [-0.1, -0.05) is 20.8 Å². The summed E-state index contributed by atoms with van der Waals surface area (Å²) in [7, 11) is 1.86. The van der Waals surface area contributed by atoms with Crippen LogP contribution in [0.25, 0.3) is 0 Å². The molecule has 0 saturated carbocycles. The smallest absolute Gasteiger partial charge is 0.265 e. The Morgan fingerprint density at radius 3 is 2.75 bits per heavy atom. The van der Waals surface area contributed by atoms with Gasteiger partial charge >= 0.3 is 0 Å². The number of carbonyl (C=O) groups is 1. The minimum Gasteiger partial charge on any atom is -0.341 e. The molecule has 4 heteroatoms. The molecule has 0 fully saturated rings. The van der Waals surface area contributed by atoms with Crippen LogP contribution >= 0.6 is 11.3 Å². The lowest BCUT2D eigenvalue weighted by atomic mass is 10.1. The van der Waals surface area contributed by atoms with Crippen LogP contribution in [0.4, 0.5) is 0 Å². The first-order valence-electron chi connectivity index (χ1n) is 5.74. The van der Waals surface area contributed by atoms with Crippen LogP contribution in [-0.2, 0) is 6.42 Å². The lowest BCUT2D eigenvalue weighted by Crippen LogP contribution is -2.27. The van der Waals surface area contributed by atoms with Gasteiger partial charge in [0.1, 0.15) is 4.88 Å². The maximum atomic E-state index is 12.0. The van der Waals surface area contributed by atoms with E-state index in [0.29, 0.717) is 5.92 Å². The largest absolute Gasteiger partial charge is 0.341 e. The van der Waals surface area contributed by atoms with Crippen molar-refractivity contribution in [3.8, 4) is 0 Å². The van der Waals surface area contributed by atoms with Gasteiger partial charge in [-0.05, 0) is 18.8 Å². The number of hydrogen-bond acceptors (Lipinski definition) is 3. The fourth-order valence-electron chi connectivity index (χ4n) is 1.31. The molecule has 0 radical (unpaired) electrons. The van der Waals surface area contributed by atoms with Crippen LogP contribution < -0.4 is 0 Å². The Morgan fingerprint density at radius 1 is 1.56 bits per heavy atom. The van der Waals surface area contributed by atoms with Crippen LogP contribution in [0.1, 0.15) is 41.9 Å². The van der Waals surface area contributed by atoms with Gasteiger partial charge in [0, 0.05) is 13.6 Å². The summed E-state index contributed by atoms with van der Waals surface area (Å²) < 4.78 is 0. The highest BCUT2D eigenvalue weighted by Crippen LogP contribution is 2.15. The Morgan fingerprint density at radius 2 is 2.25 bits per heavy atom. The van der Waals surface area contributed by atoms with E-state index in [2.05, 4.69) is 25.8 Å². The lowest BCUT2D eigenvalue weighted by Gasteiger charge is -2.17. The summed E-state index contributed by atoms with van der Waals surface area (Å²) in [5.41, 5.74) is 0. The molecule has 1 aromatic heterocycles. The van der Waals surface area contributed by atoms with Crippen LogP contribution in [0.3, 0.4) is 0 Å². The Kier molecular flexibility index (Phi) is 4.93. The minimum absolute atomic E-state index is 0.0952. The number of thiazole rings is 1. The fourth-order valence-corrected chi connectivity index (χ4v) is 2.17. The van der Waals surface area contributed by atoms with Crippen LogP contribution in [0.5, 0.6) is 0 Å². The summed E-state index contributed by atoms with van der Waals surface area (Å²) in [6.45, 7) is 7.20. The van der Waals surface area contributed by atoms with E-state index in [9.17, 15) is 4.79 Å². The molecule has 1 rings (SSSR count). The molecule has 1 aromatic rings. The number of rotatable bonds is 5. The zero-order valence-corrected chi connectivity index (χ0v) is 11.3. The SMILES string of the molecule is CCc1ncc(C(=O)N(C)CCC(C)C)s1. The summed E-state index contributed by atoms with van der Waals surface area (Å²) >= 11 is 1.50. The molecule has 0 N–H and O–H groups in total. The van der Waals surface area contributed by atoms with E-state index in [-0.39, 0.29) is 5.91 Å². The summed E-state index contributed by atoms with van der Waals surface area (Å²) in [4.78, 5) is 18.7. The van der Waals surface area contributed by atoms with Crippen molar-refractivity contribution in [2.45, 2.75) is 33.6 Å². The second kappa shape index (κ2) is 5.99. The Bertz CT molecular complexity index is 347. The molecule has 0 spiro atoms. The Balaban J connectivity index is 2.56. The van der Waals surface area contributed by atoms with Gasteiger partial charge < -0.3 is 4.90 Å². The Hall–Kier alpha value is -0.900. The van der Waals surface area contributed by atoms with Gasteiger partial charge in [0.05, 0.1) is 11.2 Å². The van der Waals surface area contributed by atoms with E-state index in [4.69, 9.17) is 0 Å². The molecular weight excluding hydrogens is 220 g/mol. The maximum absolute atomic E-state index is 12.0. The van der Waals surface area contributed by atoms with Crippen LogP contribution in [0.15, 0.2) is 6.20 Å². The van der Waals surface area contributed by atoms with Crippen molar-refractivity contribution in [1.29, 1.82) is 0 Å². The zero-order chi connectivity index (χ0) is 12.1. The molecule has 0 aliphatic carbocycles. The van der Waals surface area contributed by atoms with Crippen molar-refractivity contribution in [3.63, 3.8) is 0 Å². The van der Waals surface area contributed by atoms with E-state index < -0.39 is 0 Å². The van der Waals surface area contributed by atoms with Gasteiger partial charge in [-0.2, -0.15) is 0 Å². The molecule has 0 saturated heterocycles. The molecule has 0 unspecified atom stereocenters. The first-order chi connectivity index (χ1) is 7.54. The average Bonchev–Trinajstić information content (AvgIpc) is 2.73. The number of aromatic nitrogens is 1. The number of hydrogen-bond donors (Lipinski definition) is 0. The highest BCUT2D eigenvalue weighted by molar-refractivity contribution is 7.13. The van der Waals surface area contributed by atoms with E-state index in [1.807, 2.05) is 7.05 Å². The number of amides is 1. The first-order valence-corrected chi connectivity index (χ1v) is 6.56. The van der Waals surface area contributed by atoms with E-state index in [0.717, 1.165) is 29.3 Å². The van der Waals surface area contributed by atoms with Crippen molar-refractivity contribution in [3.05, 3.63) is 16.1 Å². The van der Waals surface area contributed by atoms with Gasteiger partial charge in [0.15, 0.2) is 0 Å². The second-order valence-electron chi connectivity index (χ2n) is 4.38. The molecule has 0 aliphatic heterocycles. The summed E-state index contributed by atoms with van der Waals surface area (Å²) in [5, 5.41) is 1.03. The normalized spacial score (nSPS) is 10.8. The highest BCUT2D eigenvalue weighted by Gasteiger charge is 2.14. The summed E-state index contributed by atoms with van der Waals surface area (Å²) in [6, 6.07) is 0. The highest BCUT2D eigenvalue weighted by atomic mass is 32.1. The van der Waals surface area contributed by atoms with Gasteiger partial charge in [0.25, 0.3) is 5.91 Å². The summed E-state index contributed by atoms with van der Waals surface area (Å²) in [6.07, 6.45) is 3.63. The average molecular weight is 240 g/mol. The lowest BCUT2D eigenvalue weighted by molar-refractivity contribution is 0.0793. The Labute approximate surface area is 101 Å². The van der Waals surface area contributed by atoms with Crippen molar-refractivity contribution >= 4 is 17.2 Å². The number of nitrogens with zero attached hydrogens (tertiary/aromatic N) is 2. The van der Waals surface area contributed by atoms with E-state index in [1.54, 1.807) is 11.1 Å². The van der Waals surface area contributed by atoms with Gasteiger partial charge in [-0.3, -0.25) is 4.79 Å². The van der Waals surface area contributed by atoms with Crippen LogP contribution in [0.2, 0.25) is 0 Å². The predicted octanol–water partition coefficient (Wildman–Crippen LogP) is 2.82. The van der Waals surface area contributed by atoms with E-state index >= 15 is 0 Å².